The molecule has 0 amide bonds. The fourth-order valence-corrected chi connectivity index (χ4v) is 1.69. The number of nitrogens with two attached hydrogens (primary N) is 1. The maximum atomic E-state index is 11.4. The molecule has 2 aromatic rings. The second-order valence-corrected chi connectivity index (χ2v) is 4.03. The SMILES string of the molecule is CCc1ccc(-c2ncc(C(=O)OC)c(N)n2)cc1. The van der Waals surface area contributed by atoms with Crippen molar-refractivity contribution in [2.24, 2.45) is 0 Å². The van der Waals surface area contributed by atoms with Crippen molar-refractivity contribution >= 4 is 11.8 Å². The average Bonchev–Trinajstić information content (AvgIpc) is 2.46. The van der Waals surface area contributed by atoms with Crippen LogP contribution in [0.4, 0.5) is 5.82 Å². The highest BCUT2D eigenvalue weighted by Crippen LogP contribution is 2.18. The minimum atomic E-state index is -0.537. The van der Waals surface area contributed by atoms with Crippen molar-refractivity contribution < 1.29 is 9.53 Å². The van der Waals surface area contributed by atoms with Crippen molar-refractivity contribution in [3.63, 3.8) is 0 Å². The maximum absolute atomic E-state index is 11.4. The summed E-state index contributed by atoms with van der Waals surface area (Å²) in [7, 11) is 1.29. The van der Waals surface area contributed by atoms with Gasteiger partial charge in [0.2, 0.25) is 0 Å². The van der Waals surface area contributed by atoms with Crippen LogP contribution in [-0.4, -0.2) is 23.0 Å². The molecular formula is C14H15N3O2. The van der Waals surface area contributed by atoms with Crippen LogP contribution in [0.3, 0.4) is 0 Å². The number of carbonyl (C=O) groups excluding carboxylic acids is 1. The van der Waals surface area contributed by atoms with Crippen LogP contribution in [0.2, 0.25) is 0 Å². The van der Waals surface area contributed by atoms with E-state index in [2.05, 4.69) is 21.6 Å². The van der Waals surface area contributed by atoms with E-state index in [4.69, 9.17) is 5.73 Å². The van der Waals surface area contributed by atoms with Crippen LogP contribution in [0.1, 0.15) is 22.8 Å². The number of hydrogen-bond donors (Lipinski definition) is 1. The quantitative estimate of drug-likeness (QED) is 0.852. The van der Waals surface area contributed by atoms with Gasteiger partial charge in [0.15, 0.2) is 5.82 Å². The summed E-state index contributed by atoms with van der Waals surface area (Å²) in [4.78, 5) is 19.7. The smallest absolute Gasteiger partial charge is 0.343 e. The Labute approximate surface area is 111 Å². The Bertz CT molecular complexity index is 594. The number of aryl methyl sites for hydroxylation is 1. The van der Waals surface area contributed by atoms with Crippen molar-refractivity contribution in [1.29, 1.82) is 0 Å². The molecule has 0 unspecified atom stereocenters. The van der Waals surface area contributed by atoms with E-state index in [0.29, 0.717) is 5.82 Å². The highest BCUT2D eigenvalue weighted by atomic mass is 16.5. The van der Waals surface area contributed by atoms with Gasteiger partial charge in [0.05, 0.1) is 7.11 Å². The standard InChI is InChI=1S/C14H15N3O2/c1-3-9-4-6-10(7-5-9)13-16-8-11(12(15)17-13)14(18)19-2/h4-8H,3H2,1-2H3,(H2,15,16,17). The Hall–Kier alpha value is -2.43. The van der Waals surface area contributed by atoms with Crippen LogP contribution in [0.5, 0.6) is 0 Å². The summed E-state index contributed by atoms with van der Waals surface area (Å²) in [6.45, 7) is 2.09. The second-order valence-electron chi connectivity index (χ2n) is 4.03. The van der Waals surface area contributed by atoms with Gasteiger partial charge in [0, 0.05) is 11.8 Å². The molecular weight excluding hydrogens is 242 g/mol. The lowest BCUT2D eigenvalue weighted by Gasteiger charge is -2.05. The van der Waals surface area contributed by atoms with Gasteiger partial charge in [-0.3, -0.25) is 0 Å². The molecule has 0 aliphatic rings. The minimum Gasteiger partial charge on any atom is -0.465 e. The first-order valence-electron chi connectivity index (χ1n) is 5.95. The number of rotatable bonds is 3. The maximum Gasteiger partial charge on any atom is 0.343 e. The number of methoxy groups -OCH3 is 1. The van der Waals surface area contributed by atoms with Crippen molar-refractivity contribution in [2.75, 3.05) is 12.8 Å². The zero-order valence-corrected chi connectivity index (χ0v) is 10.9. The predicted molar refractivity (Wildman–Crippen MR) is 72.6 cm³/mol. The summed E-state index contributed by atoms with van der Waals surface area (Å²) in [5.41, 5.74) is 8.02. The first kappa shape index (κ1) is 13.0. The number of ether oxygens (including phenoxy) is 1. The number of anilines is 1. The van der Waals surface area contributed by atoms with Gasteiger partial charge in [-0.15, -0.1) is 0 Å². The summed E-state index contributed by atoms with van der Waals surface area (Å²) < 4.78 is 4.59. The van der Waals surface area contributed by atoms with Crippen LogP contribution in [0, 0.1) is 0 Å². The van der Waals surface area contributed by atoms with E-state index in [1.54, 1.807) is 0 Å². The van der Waals surface area contributed by atoms with E-state index in [1.165, 1.54) is 18.9 Å². The summed E-state index contributed by atoms with van der Waals surface area (Å²) in [6.07, 6.45) is 2.36. The molecule has 0 fully saturated rings. The Balaban J connectivity index is 2.35. The van der Waals surface area contributed by atoms with E-state index < -0.39 is 5.97 Å². The van der Waals surface area contributed by atoms with E-state index in [9.17, 15) is 4.79 Å². The van der Waals surface area contributed by atoms with E-state index >= 15 is 0 Å². The van der Waals surface area contributed by atoms with E-state index in [-0.39, 0.29) is 11.4 Å². The predicted octanol–water partition coefficient (Wildman–Crippen LogP) is 2.07. The third kappa shape index (κ3) is 2.70. The molecule has 0 saturated carbocycles. The van der Waals surface area contributed by atoms with Crippen molar-refractivity contribution in [3.8, 4) is 11.4 Å². The molecule has 1 aromatic carbocycles. The fraction of sp³-hybridized carbons (Fsp3) is 0.214. The zero-order valence-electron chi connectivity index (χ0n) is 10.9. The molecule has 2 rings (SSSR count). The Morgan fingerprint density at radius 3 is 2.53 bits per heavy atom. The summed E-state index contributed by atoms with van der Waals surface area (Å²) >= 11 is 0. The van der Waals surface area contributed by atoms with Crippen LogP contribution in [0.15, 0.2) is 30.5 Å². The lowest BCUT2D eigenvalue weighted by molar-refractivity contribution is 0.0601. The van der Waals surface area contributed by atoms with Crippen LogP contribution in [-0.2, 0) is 11.2 Å². The number of nitrogen functional groups attached to an aromatic ring is 1. The lowest BCUT2D eigenvalue weighted by Crippen LogP contribution is -2.09. The highest BCUT2D eigenvalue weighted by molar-refractivity contribution is 5.93. The monoisotopic (exact) mass is 257 g/mol. The molecule has 5 heteroatoms. The molecule has 1 heterocycles. The first-order valence-corrected chi connectivity index (χ1v) is 5.95. The van der Waals surface area contributed by atoms with E-state index in [0.717, 1.165) is 12.0 Å². The highest BCUT2D eigenvalue weighted by Gasteiger charge is 2.13. The van der Waals surface area contributed by atoms with Crippen molar-refractivity contribution in [1.82, 2.24) is 9.97 Å². The zero-order chi connectivity index (χ0) is 13.8. The molecule has 0 radical (unpaired) electrons. The van der Waals surface area contributed by atoms with Gasteiger partial charge in [-0.2, -0.15) is 0 Å². The second kappa shape index (κ2) is 5.48. The third-order valence-electron chi connectivity index (χ3n) is 2.84. The molecule has 0 spiro atoms. The van der Waals surface area contributed by atoms with E-state index in [1.807, 2.05) is 24.3 Å². The fourth-order valence-electron chi connectivity index (χ4n) is 1.69. The molecule has 0 atom stereocenters. The third-order valence-corrected chi connectivity index (χ3v) is 2.84. The van der Waals surface area contributed by atoms with Crippen molar-refractivity contribution in [3.05, 3.63) is 41.6 Å². The topological polar surface area (TPSA) is 78.1 Å². The number of hydrogen-bond acceptors (Lipinski definition) is 5. The normalized spacial score (nSPS) is 10.2. The van der Waals surface area contributed by atoms with Gasteiger partial charge in [0.25, 0.3) is 0 Å². The average molecular weight is 257 g/mol. The Morgan fingerprint density at radius 2 is 2.00 bits per heavy atom. The summed E-state index contributed by atoms with van der Waals surface area (Å²) in [6, 6.07) is 7.91. The number of aromatic nitrogens is 2. The van der Waals surface area contributed by atoms with Gasteiger partial charge in [-0.1, -0.05) is 31.2 Å². The number of carbonyl (C=O) groups is 1. The van der Waals surface area contributed by atoms with Gasteiger partial charge >= 0.3 is 5.97 Å². The molecule has 19 heavy (non-hydrogen) atoms. The first-order chi connectivity index (χ1) is 9.15. The number of nitrogens with zero attached hydrogens (tertiary/aromatic N) is 2. The van der Waals surface area contributed by atoms with Crippen LogP contribution in [0.25, 0.3) is 11.4 Å². The van der Waals surface area contributed by atoms with Crippen molar-refractivity contribution in [2.45, 2.75) is 13.3 Å². The lowest BCUT2D eigenvalue weighted by atomic mass is 10.1. The molecule has 0 saturated heterocycles. The number of benzene rings is 1. The Morgan fingerprint density at radius 1 is 1.32 bits per heavy atom. The van der Waals surface area contributed by atoms with Gasteiger partial charge in [-0.25, -0.2) is 14.8 Å². The Kier molecular flexibility index (Phi) is 3.75. The molecule has 0 aliphatic heterocycles. The minimum absolute atomic E-state index is 0.122. The number of esters is 1. The molecule has 0 aliphatic carbocycles. The molecule has 2 N–H and O–H groups in total. The molecule has 1 aromatic heterocycles. The van der Waals surface area contributed by atoms with Crippen LogP contribution < -0.4 is 5.73 Å². The molecule has 5 nitrogen and oxygen atoms in total. The largest absolute Gasteiger partial charge is 0.465 e. The summed E-state index contributed by atoms with van der Waals surface area (Å²) in [5.74, 6) is 0.0783. The molecule has 0 bridgehead atoms. The molecule has 98 valence electrons. The van der Waals surface area contributed by atoms with Gasteiger partial charge < -0.3 is 10.5 Å². The van der Waals surface area contributed by atoms with Gasteiger partial charge in [-0.05, 0) is 12.0 Å². The van der Waals surface area contributed by atoms with Gasteiger partial charge in [0.1, 0.15) is 11.4 Å². The van der Waals surface area contributed by atoms with Crippen LogP contribution >= 0.6 is 0 Å². The summed E-state index contributed by atoms with van der Waals surface area (Å²) in [5, 5.41) is 0.